The second kappa shape index (κ2) is 5.27. The Kier molecular flexibility index (Phi) is 3.55. The molecule has 0 amide bonds. The average molecular weight is 304 g/mol. The largest absolute Gasteiger partial charge is 0.416 e. The summed E-state index contributed by atoms with van der Waals surface area (Å²) in [6, 6.07) is 14.2. The SMILES string of the molecule is O=C(c1ccccc1)C1(Cc2ccc(C(F)(F)F)cc2)CC1. The van der Waals surface area contributed by atoms with Gasteiger partial charge in [-0.05, 0) is 37.0 Å². The monoisotopic (exact) mass is 304 g/mol. The van der Waals surface area contributed by atoms with Crippen molar-refractivity contribution in [2.75, 3.05) is 0 Å². The van der Waals surface area contributed by atoms with Crippen molar-refractivity contribution in [3.63, 3.8) is 0 Å². The van der Waals surface area contributed by atoms with Crippen LogP contribution < -0.4 is 0 Å². The lowest BCUT2D eigenvalue weighted by Crippen LogP contribution is -2.19. The summed E-state index contributed by atoms with van der Waals surface area (Å²) in [4.78, 5) is 12.6. The number of Topliss-reactive ketones (excluding diaryl/α,β-unsaturated/α-hetero) is 1. The maximum Gasteiger partial charge on any atom is 0.416 e. The van der Waals surface area contributed by atoms with Gasteiger partial charge in [-0.1, -0.05) is 42.5 Å². The molecule has 1 fully saturated rings. The maximum atomic E-state index is 12.6. The van der Waals surface area contributed by atoms with Gasteiger partial charge in [0.05, 0.1) is 5.56 Å². The van der Waals surface area contributed by atoms with Crippen molar-refractivity contribution < 1.29 is 18.0 Å². The fourth-order valence-electron chi connectivity index (χ4n) is 2.73. The fraction of sp³-hybridized carbons (Fsp3) is 0.278. The second-order valence-electron chi connectivity index (χ2n) is 5.85. The molecule has 4 heteroatoms. The van der Waals surface area contributed by atoms with E-state index in [0.717, 1.165) is 30.5 Å². The van der Waals surface area contributed by atoms with Crippen LogP contribution >= 0.6 is 0 Å². The number of carbonyl (C=O) groups excluding carboxylic acids is 1. The van der Waals surface area contributed by atoms with Crippen LogP contribution in [0.25, 0.3) is 0 Å². The molecule has 0 spiro atoms. The molecule has 114 valence electrons. The zero-order valence-electron chi connectivity index (χ0n) is 11.9. The molecule has 0 N–H and O–H groups in total. The maximum absolute atomic E-state index is 12.6. The Morgan fingerprint density at radius 1 is 0.955 bits per heavy atom. The number of carbonyl (C=O) groups is 1. The van der Waals surface area contributed by atoms with Gasteiger partial charge in [-0.25, -0.2) is 0 Å². The normalized spacial score (nSPS) is 16.3. The molecule has 1 saturated carbocycles. The molecule has 1 nitrogen and oxygen atoms in total. The van der Waals surface area contributed by atoms with Crippen molar-refractivity contribution in [2.24, 2.45) is 5.41 Å². The van der Waals surface area contributed by atoms with Crippen molar-refractivity contribution in [3.05, 3.63) is 71.3 Å². The number of alkyl halides is 3. The number of benzene rings is 2. The van der Waals surface area contributed by atoms with Crippen LogP contribution in [0.1, 0.15) is 34.3 Å². The molecule has 0 saturated heterocycles. The molecular formula is C18H15F3O. The van der Waals surface area contributed by atoms with E-state index in [9.17, 15) is 18.0 Å². The van der Waals surface area contributed by atoms with Crippen LogP contribution in [0.2, 0.25) is 0 Å². The Labute approximate surface area is 126 Å². The molecule has 22 heavy (non-hydrogen) atoms. The van der Waals surface area contributed by atoms with Crippen molar-refractivity contribution in [2.45, 2.75) is 25.4 Å². The molecule has 1 aliphatic rings. The summed E-state index contributed by atoms with van der Waals surface area (Å²) in [5, 5.41) is 0. The number of hydrogen-bond donors (Lipinski definition) is 0. The van der Waals surface area contributed by atoms with E-state index in [1.165, 1.54) is 12.1 Å². The average Bonchev–Trinajstić information content (AvgIpc) is 3.28. The van der Waals surface area contributed by atoms with E-state index in [0.29, 0.717) is 12.0 Å². The molecule has 3 rings (SSSR count). The van der Waals surface area contributed by atoms with Crippen LogP contribution in [0.3, 0.4) is 0 Å². The van der Waals surface area contributed by atoms with Gasteiger partial charge in [0.1, 0.15) is 0 Å². The molecule has 0 unspecified atom stereocenters. The van der Waals surface area contributed by atoms with E-state index in [1.54, 1.807) is 12.1 Å². The highest BCUT2D eigenvalue weighted by Crippen LogP contribution is 2.50. The lowest BCUT2D eigenvalue weighted by molar-refractivity contribution is -0.137. The summed E-state index contributed by atoms with van der Waals surface area (Å²) >= 11 is 0. The topological polar surface area (TPSA) is 17.1 Å². The van der Waals surface area contributed by atoms with Gasteiger partial charge in [-0.2, -0.15) is 13.2 Å². The molecule has 0 bridgehead atoms. The van der Waals surface area contributed by atoms with Gasteiger partial charge in [0.2, 0.25) is 0 Å². The zero-order valence-corrected chi connectivity index (χ0v) is 11.9. The Bertz CT molecular complexity index is 668. The van der Waals surface area contributed by atoms with E-state index >= 15 is 0 Å². The first-order valence-corrected chi connectivity index (χ1v) is 7.17. The minimum Gasteiger partial charge on any atom is -0.294 e. The Morgan fingerprint density at radius 3 is 2.05 bits per heavy atom. The highest BCUT2D eigenvalue weighted by atomic mass is 19.4. The van der Waals surface area contributed by atoms with Crippen LogP contribution in [0.15, 0.2) is 54.6 Å². The smallest absolute Gasteiger partial charge is 0.294 e. The summed E-state index contributed by atoms with van der Waals surface area (Å²) in [7, 11) is 0. The number of hydrogen-bond acceptors (Lipinski definition) is 1. The molecule has 0 aliphatic heterocycles. The van der Waals surface area contributed by atoms with Crippen molar-refractivity contribution >= 4 is 5.78 Å². The third-order valence-electron chi connectivity index (χ3n) is 4.19. The second-order valence-corrected chi connectivity index (χ2v) is 5.85. The molecule has 2 aromatic carbocycles. The van der Waals surface area contributed by atoms with E-state index in [4.69, 9.17) is 0 Å². The van der Waals surface area contributed by atoms with E-state index in [1.807, 2.05) is 18.2 Å². The molecular weight excluding hydrogens is 289 g/mol. The van der Waals surface area contributed by atoms with Crippen molar-refractivity contribution in [1.82, 2.24) is 0 Å². The van der Waals surface area contributed by atoms with Gasteiger partial charge in [-0.3, -0.25) is 4.79 Å². The number of ketones is 1. The highest BCUT2D eigenvalue weighted by Gasteiger charge is 2.49. The Hall–Kier alpha value is -2.10. The van der Waals surface area contributed by atoms with Gasteiger partial charge < -0.3 is 0 Å². The van der Waals surface area contributed by atoms with Gasteiger partial charge >= 0.3 is 6.18 Å². The highest BCUT2D eigenvalue weighted by molar-refractivity contribution is 6.02. The van der Waals surface area contributed by atoms with Crippen LogP contribution in [0.4, 0.5) is 13.2 Å². The molecule has 0 radical (unpaired) electrons. The minimum atomic E-state index is -4.32. The minimum absolute atomic E-state index is 0.0907. The molecule has 0 atom stereocenters. The quantitative estimate of drug-likeness (QED) is 0.733. The van der Waals surface area contributed by atoms with Gasteiger partial charge in [0.15, 0.2) is 5.78 Å². The van der Waals surface area contributed by atoms with E-state index in [2.05, 4.69) is 0 Å². The van der Waals surface area contributed by atoms with Crippen LogP contribution in [-0.4, -0.2) is 5.78 Å². The van der Waals surface area contributed by atoms with E-state index in [-0.39, 0.29) is 5.78 Å². The summed E-state index contributed by atoms with van der Waals surface area (Å²) in [5.74, 6) is 0.0907. The first-order valence-electron chi connectivity index (χ1n) is 7.17. The predicted molar refractivity (Wildman–Crippen MR) is 77.6 cm³/mol. The standard InChI is InChI=1S/C18H15F3O/c19-18(20,21)15-8-6-13(7-9-15)12-17(10-11-17)16(22)14-4-2-1-3-5-14/h1-9H,10-12H2. The third kappa shape index (κ3) is 2.91. The van der Waals surface area contributed by atoms with Crippen molar-refractivity contribution in [3.8, 4) is 0 Å². The Morgan fingerprint density at radius 2 is 1.55 bits per heavy atom. The molecule has 0 heterocycles. The van der Waals surface area contributed by atoms with Crippen molar-refractivity contribution in [1.29, 1.82) is 0 Å². The zero-order chi connectivity index (χ0) is 15.8. The first kappa shape index (κ1) is 14.8. The summed E-state index contributed by atoms with van der Waals surface area (Å²) in [5.41, 5.74) is 0.360. The Balaban J connectivity index is 1.77. The lowest BCUT2D eigenvalue weighted by Gasteiger charge is -2.15. The first-order chi connectivity index (χ1) is 10.4. The summed E-state index contributed by atoms with van der Waals surface area (Å²) < 4.78 is 37.7. The molecule has 1 aliphatic carbocycles. The third-order valence-corrected chi connectivity index (χ3v) is 4.19. The molecule has 2 aromatic rings. The predicted octanol–water partition coefficient (Wildman–Crippen LogP) is 4.91. The summed E-state index contributed by atoms with van der Waals surface area (Å²) in [6.07, 6.45) is -2.24. The van der Waals surface area contributed by atoms with Gasteiger partial charge in [-0.15, -0.1) is 0 Å². The number of halogens is 3. The van der Waals surface area contributed by atoms with Crippen LogP contribution in [0, 0.1) is 5.41 Å². The number of rotatable bonds is 4. The van der Waals surface area contributed by atoms with Gasteiger partial charge in [0, 0.05) is 11.0 Å². The van der Waals surface area contributed by atoms with Crippen LogP contribution in [0.5, 0.6) is 0 Å². The van der Waals surface area contributed by atoms with Crippen LogP contribution in [-0.2, 0) is 12.6 Å². The van der Waals surface area contributed by atoms with E-state index < -0.39 is 17.2 Å². The fourth-order valence-corrected chi connectivity index (χ4v) is 2.73. The molecule has 0 aromatic heterocycles. The van der Waals surface area contributed by atoms with Gasteiger partial charge in [0.25, 0.3) is 0 Å². The lowest BCUT2D eigenvalue weighted by atomic mass is 9.88. The summed E-state index contributed by atoms with van der Waals surface area (Å²) in [6.45, 7) is 0.